The number of aromatic nitrogens is 2. The first-order valence-electron chi connectivity index (χ1n) is 5.43. The van der Waals surface area contributed by atoms with Crippen molar-refractivity contribution >= 4 is 11.5 Å². The smallest absolute Gasteiger partial charge is 0.372 e. The van der Waals surface area contributed by atoms with Gasteiger partial charge in [0.15, 0.2) is 0 Å². The summed E-state index contributed by atoms with van der Waals surface area (Å²) in [5.41, 5.74) is -0.220. The second-order valence-corrected chi connectivity index (χ2v) is 3.50. The van der Waals surface area contributed by atoms with Crippen molar-refractivity contribution in [2.45, 2.75) is 32.7 Å². The Morgan fingerprint density at radius 1 is 1.47 bits per heavy atom. The number of nitrogens with zero attached hydrogens (tertiary/aromatic N) is 3. The molecule has 0 spiro atoms. The Balaban J connectivity index is 3.09. The van der Waals surface area contributed by atoms with Gasteiger partial charge >= 0.3 is 5.69 Å². The maximum Gasteiger partial charge on any atom is 0.372 e. The first-order chi connectivity index (χ1) is 8.13. The highest BCUT2D eigenvalue weighted by Gasteiger charge is 2.24. The fraction of sp³-hybridized carbons (Fsp3) is 0.600. The van der Waals surface area contributed by atoms with Gasteiger partial charge in [-0.1, -0.05) is 13.8 Å². The predicted octanol–water partition coefficient (Wildman–Crippen LogP) is 1.99. The first kappa shape index (κ1) is 13.1. The lowest BCUT2D eigenvalue weighted by Crippen LogP contribution is -2.19. The molecule has 7 heteroatoms. The van der Waals surface area contributed by atoms with Gasteiger partial charge in [-0.2, -0.15) is 4.98 Å². The van der Waals surface area contributed by atoms with E-state index in [0.717, 1.165) is 12.8 Å². The van der Waals surface area contributed by atoms with Crippen LogP contribution in [0.5, 0.6) is 5.88 Å². The van der Waals surface area contributed by atoms with E-state index in [9.17, 15) is 10.1 Å². The van der Waals surface area contributed by atoms with E-state index < -0.39 is 4.92 Å². The summed E-state index contributed by atoms with van der Waals surface area (Å²) >= 11 is 0. The highest BCUT2D eigenvalue weighted by molar-refractivity contribution is 5.61. The van der Waals surface area contributed by atoms with E-state index in [1.807, 2.05) is 13.8 Å². The average Bonchev–Trinajstić information content (AvgIpc) is 2.34. The molecule has 0 aliphatic rings. The normalized spacial score (nSPS) is 10.4. The van der Waals surface area contributed by atoms with Gasteiger partial charge in [0.2, 0.25) is 5.82 Å². The van der Waals surface area contributed by atoms with E-state index in [2.05, 4.69) is 15.3 Å². The molecule has 0 aromatic carbocycles. The van der Waals surface area contributed by atoms with Crippen molar-refractivity contribution in [3.63, 3.8) is 0 Å². The maximum atomic E-state index is 11.0. The van der Waals surface area contributed by atoms with Crippen LogP contribution in [0, 0.1) is 10.1 Å². The van der Waals surface area contributed by atoms with Gasteiger partial charge in [0, 0.05) is 6.04 Å². The third-order valence-corrected chi connectivity index (χ3v) is 2.49. The first-order valence-corrected chi connectivity index (χ1v) is 5.43. The van der Waals surface area contributed by atoms with Crippen molar-refractivity contribution in [2.24, 2.45) is 0 Å². The number of nitro groups is 1. The summed E-state index contributed by atoms with van der Waals surface area (Å²) < 4.78 is 4.86. The summed E-state index contributed by atoms with van der Waals surface area (Å²) in [5.74, 6) is 0.175. The van der Waals surface area contributed by atoms with Crippen LogP contribution in [0.2, 0.25) is 0 Å². The summed E-state index contributed by atoms with van der Waals surface area (Å²) in [6.07, 6.45) is 2.97. The molecule has 1 heterocycles. The van der Waals surface area contributed by atoms with Crippen LogP contribution in [0.4, 0.5) is 11.5 Å². The number of anilines is 1. The molecule has 7 nitrogen and oxygen atoms in total. The Morgan fingerprint density at radius 3 is 2.59 bits per heavy atom. The van der Waals surface area contributed by atoms with Crippen LogP contribution < -0.4 is 10.1 Å². The molecule has 0 aliphatic heterocycles. The highest BCUT2D eigenvalue weighted by atomic mass is 16.6. The molecule has 17 heavy (non-hydrogen) atoms. The minimum Gasteiger partial charge on any atom is -0.476 e. The molecule has 1 aromatic heterocycles. The van der Waals surface area contributed by atoms with Crippen molar-refractivity contribution < 1.29 is 9.66 Å². The summed E-state index contributed by atoms with van der Waals surface area (Å²) in [7, 11) is 1.34. The van der Waals surface area contributed by atoms with E-state index in [1.54, 1.807) is 0 Å². The number of ether oxygens (including phenoxy) is 1. The quantitative estimate of drug-likeness (QED) is 0.604. The summed E-state index contributed by atoms with van der Waals surface area (Å²) in [4.78, 5) is 18.1. The Labute approximate surface area is 99.4 Å². The topological polar surface area (TPSA) is 90.2 Å². The molecule has 0 saturated carbocycles. The van der Waals surface area contributed by atoms with E-state index >= 15 is 0 Å². The Kier molecular flexibility index (Phi) is 4.62. The number of hydrogen-bond donors (Lipinski definition) is 1. The van der Waals surface area contributed by atoms with Crippen LogP contribution in [0.15, 0.2) is 6.33 Å². The minimum atomic E-state index is -0.538. The minimum absolute atomic E-state index is 0.0292. The second kappa shape index (κ2) is 5.97. The van der Waals surface area contributed by atoms with Gasteiger partial charge in [-0.15, -0.1) is 0 Å². The summed E-state index contributed by atoms with van der Waals surface area (Å²) in [6, 6.07) is 0.147. The van der Waals surface area contributed by atoms with Gasteiger partial charge in [0.05, 0.1) is 12.0 Å². The molecular formula is C10H16N4O3. The zero-order chi connectivity index (χ0) is 12.8. The average molecular weight is 240 g/mol. The van der Waals surface area contributed by atoms with E-state index in [1.165, 1.54) is 13.4 Å². The lowest BCUT2D eigenvalue weighted by molar-refractivity contribution is -0.385. The number of hydrogen-bond acceptors (Lipinski definition) is 6. The Morgan fingerprint density at radius 2 is 2.12 bits per heavy atom. The SMILES string of the molecule is CCC(CC)Nc1ncnc(OC)c1[N+](=O)[O-]. The highest BCUT2D eigenvalue weighted by Crippen LogP contribution is 2.31. The van der Waals surface area contributed by atoms with Crippen molar-refractivity contribution in [1.29, 1.82) is 0 Å². The van der Waals surface area contributed by atoms with Crippen LogP contribution in [-0.2, 0) is 0 Å². The molecule has 1 rings (SSSR count). The molecule has 0 unspecified atom stereocenters. The van der Waals surface area contributed by atoms with Crippen molar-refractivity contribution in [2.75, 3.05) is 12.4 Å². The number of methoxy groups -OCH3 is 1. The van der Waals surface area contributed by atoms with Crippen LogP contribution in [-0.4, -0.2) is 28.0 Å². The van der Waals surface area contributed by atoms with E-state index in [-0.39, 0.29) is 23.4 Å². The zero-order valence-electron chi connectivity index (χ0n) is 10.1. The summed E-state index contributed by atoms with van der Waals surface area (Å²) in [6.45, 7) is 4.01. The van der Waals surface area contributed by atoms with Crippen LogP contribution in [0.25, 0.3) is 0 Å². The molecule has 1 N–H and O–H groups in total. The molecule has 0 fully saturated rings. The van der Waals surface area contributed by atoms with Gasteiger partial charge < -0.3 is 10.1 Å². The van der Waals surface area contributed by atoms with Crippen molar-refractivity contribution in [1.82, 2.24) is 9.97 Å². The maximum absolute atomic E-state index is 11.0. The second-order valence-electron chi connectivity index (χ2n) is 3.50. The standard InChI is InChI=1S/C10H16N4O3/c1-4-7(5-2)13-9-8(14(15)16)10(17-3)12-6-11-9/h6-7H,4-5H2,1-3H3,(H,11,12,13). The molecule has 0 saturated heterocycles. The Hall–Kier alpha value is -1.92. The predicted molar refractivity (Wildman–Crippen MR) is 63.2 cm³/mol. The molecule has 1 aromatic rings. The molecule has 0 aliphatic carbocycles. The molecule has 94 valence electrons. The third kappa shape index (κ3) is 3.02. The largest absolute Gasteiger partial charge is 0.476 e. The third-order valence-electron chi connectivity index (χ3n) is 2.49. The number of rotatable bonds is 6. The lowest BCUT2D eigenvalue weighted by atomic mass is 10.2. The van der Waals surface area contributed by atoms with Gasteiger partial charge in [-0.25, -0.2) is 4.98 Å². The van der Waals surface area contributed by atoms with Crippen molar-refractivity contribution in [3.05, 3.63) is 16.4 Å². The van der Waals surface area contributed by atoms with Crippen molar-refractivity contribution in [3.8, 4) is 5.88 Å². The Bertz CT molecular complexity index is 393. The molecule has 0 atom stereocenters. The van der Waals surface area contributed by atoms with Gasteiger partial charge in [-0.3, -0.25) is 10.1 Å². The summed E-state index contributed by atoms with van der Waals surface area (Å²) in [5, 5.41) is 14.0. The zero-order valence-corrected chi connectivity index (χ0v) is 10.1. The molecule has 0 bridgehead atoms. The monoisotopic (exact) mass is 240 g/mol. The number of nitrogens with one attached hydrogen (secondary N) is 1. The fourth-order valence-electron chi connectivity index (χ4n) is 1.47. The van der Waals surface area contributed by atoms with Crippen LogP contribution in [0.3, 0.4) is 0 Å². The fourth-order valence-corrected chi connectivity index (χ4v) is 1.47. The van der Waals surface area contributed by atoms with Gasteiger partial charge in [0.1, 0.15) is 6.33 Å². The molecular weight excluding hydrogens is 224 g/mol. The van der Waals surface area contributed by atoms with Crippen LogP contribution in [0.1, 0.15) is 26.7 Å². The van der Waals surface area contributed by atoms with Crippen LogP contribution >= 0.6 is 0 Å². The van der Waals surface area contributed by atoms with Gasteiger partial charge in [-0.05, 0) is 12.8 Å². The molecule has 0 radical (unpaired) electrons. The molecule has 0 amide bonds. The van der Waals surface area contributed by atoms with E-state index in [0.29, 0.717) is 0 Å². The van der Waals surface area contributed by atoms with E-state index in [4.69, 9.17) is 4.74 Å². The van der Waals surface area contributed by atoms with Gasteiger partial charge in [0.25, 0.3) is 5.88 Å². The lowest BCUT2D eigenvalue weighted by Gasteiger charge is -2.15.